The lowest BCUT2D eigenvalue weighted by Gasteiger charge is -2.17. The van der Waals surface area contributed by atoms with Crippen molar-refractivity contribution in [3.05, 3.63) is 29.8 Å². The van der Waals surface area contributed by atoms with Gasteiger partial charge < -0.3 is 20.5 Å². The first-order valence-electron chi connectivity index (χ1n) is 9.76. The summed E-state index contributed by atoms with van der Waals surface area (Å²) in [6, 6.07) is 7.33. The lowest BCUT2D eigenvalue weighted by molar-refractivity contribution is 0.186. The van der Waals surface area contributed by atoms with E-state index in [1.807, 2.05) is 45.0 Å². The van der Waals surface area contributed by atoms with Crippen LogP contribution in [0.4, 0.5) is 0 Å². The third kappa shape index (κ3) is 8.65. The second-order valence-electron chi connectivity index (χ2n) is 6.97. The van der Waals surface area contributed by atoms with E-state index in [0.29, 0.717) is 38.6 Å². The van der Waals surface area contributed by atoms with Gasteiger partial charge in [0.15, 0.2) is 5.96 Å². The van der Waals surface area contributed by atoms with Gasteiger partial charge in [-0.2, -0.15) is 0 Å². The minimum Gasteiger partial charge on any atom is -0.491 e. The van der Waals surface area contributed by atoms with Gasteiger partial charge in [-0.15, -0.1) is 24.0 Å². The fraction of sp³-hybridized carbons (Fsp3) is 0.632. The molecule has 0 aromatic heterocycles. The lowest BCUT2D eigenvalue weighted by atomic mass is 10.1. The molecule has 0 saturated carbocycles. The lowest BCUT2D eigenvalue weighted by Crippen LogP contribution is -2.42. The van der Waals surface area contributed by atoms with Crippen LogP contribution < -0.4 is 15.4 Å². The number of hydrogen-bond donors (Lipinski definition) is 3. The maximum absolute atomic E-state index is 11.8. The minimum atomic E-state index is -3.09. The molecule has 1 aliphatic rings. The summed E-state index contributed by atoms with van der Waals surface area (Å²) in [6.07, 6.45) is 0.0520. The van der Waals surface area contributed by atoms with Crippen LogP contribution in [0.15, 0.2) is 29.3 Å². The number of hydrogen-bond acceptors (Lipinski definition) is 5. The van der Waals surface area contributed by atoms with Crippen LogP contribution >= 0.6 is 24.0 Å². The van der Waals surface area contributed by atoms with E-state index in [4.69, 9.17) is 4.74 Å². The predicted molar refractivity (Wildman–Crippen MR) is 127 cm³/mol. The van der Waals surface area contributed by atoms with E-state index in [1.165, 1.54) is 4.31 Å². The summed E-state index contributed by atoms with van der Waals surface area (Å²) in [7, 11) is -3.09. The Morgan fingerprint density at radius 3 is 2.52 bits per heavy atom. The zero-order valence-corrected chi connectivity index (χ0v) is 20.4. The van der Waals surface area contributed by atoms with Gasteiger partial charge in [0.25, 0.3) is 0 Å². The van der Waals surface area contributed by atoms with Gasteiger partial charge >= 0.3 is 0 Å². The highest BCUT2D eigenvalue weighted by atomic mass is 127. The molecule has 0 bridgehead atoms. The number of rotatable bonds is 9. The molecule has 8 nitrogen and oxygen atoms in total. The Kier molecular flexibility index (Phi) is 11.2. The Morgan fingerprint density at radius 1 is 1.28 bits per heavy atom. The number of benzene rings is 1. The first kappa shape index (κ1) is 25.9. The molecular weight excluding hydrogens is 507 g/mol. The molecule has 2 rings (SSSR count). The normalized spacial score (nSPS) is 17.6. The van der Waals surface area contributed by atoms with Crippen molar-refractivity contribution >= 4 is 40.0 Å². The molecule has 1 aromatic rings. The molecule has 1 fully saturated rings. The summed E-state index contributed by atoms with van der Waals surface area (Å²) in [5.74, 6) is 1.55. The number of ether oxygens (including phenoxy) is 1. The van der Waals surface area contributed by atoms with E-state index >= 15 is 0 Å². The monoisotopic (exact) mass is 540 g/mol. The van der Waals surface area contributed by atoms with Gasteiger partial charge in [-0.25, -0.2) is 12.7 Å². The van der Waals surface area contributed by atoms with Crippen molar-refractivity contribution in [3.8, 4) is 5.75 Å². The van der Waals surface area contributed by atoms with Crippen LogP contribution in [0.3, 0.4) is 0 Å². The third-order valence-corrected chi connectivity index (χ3v) is 6.22. The Hall–Kier alpha value is -1.11. The van der Waals surface area contributed by atoms with Gasteiger partial charge in [-0.05, 0) is 44.9 Å². The SMILES string of the molecule is CCNC(=NCC(O)c1ccc(OC(C)C)cc1)NCCN1CCCS1(=O)=O.I. The average Bonchev–Trinajstić information content (AvgIpc) is 2.98. The predicted octanol–water partition coefficient (Wildman–Crippen LogP) is 1.72. The number of nitrogens with zero attached hydrogens (tertiary/aromatic N) is 2. The number of aliphatic imine (C=N–C) groups is 1. The van der Waals surface area contributed by atoms with Crippen molar-refractivity contribution in [1.82, 2.24) is 14.9 Å². The highest BCUT2D eigenvalue weighted by molar-refractivity contribution is 14.0. The first-order valence-corrected chi connectivity index (χ1v) is 11.4. The molecule has 3 N–H and O–H groups in total. The molecule has 29 heavy (non-hydrogen) atoms. The van der Waals surface area contributed by atoms with Crippen LogP contribution in [-0.4, -0.2) is 68.4 Å². The molecular formula is C19H33IN4O4S. The minimum absolute atomic E-state index is 0. The number of sulfonamides is 1. The third-order valence-electron chi connectivity index (χ3n) is 4.26. The van der Waals surface area contributed by atoms with E-state index in [2.05, 4.69) is 15.6 Å². The number of aliphatic hydroxyl groups excluding tert-OH is 1. The quantitative estimate of drug-likeness (QED) is 0.251. The van der Waals surface area contributed by atoms with Crippen molar-refractivity contribution in [1.29, 1.82) is 0 Å². The van der Waals surface area contributed by atoms with Crippen LogP contribution in [0.5, 0.6) is 5.75 Å². The van der Waals surface area contributed by atoms with Gasteiger partial charge in [0, 0.05) is 26.2 Å². The van der Waals surface area contributed by atoms with Crippen molar-refractivity contribution in [3.63, 3.8) is 0 Å². The zero-order chi connectivity index (χ0) is 20.6. The van der Waals surface area contributed by atoms with Crippen molar-refractivity contribution in [2.24, 2.45) is 4.99 Å². The first-order chi connectivity index (χ1) is 13.3. The standard InChI is InChI=1S/C19H32N4O4S.HI/c1-4-20-19(21-10-12-23-11-5-13-28(23,25)26)22-14-18(24)16-6-8-17(9-7-16)27-15(2)3;/h6-9,15,18,24H,4-5,10-14H2,1-3H3,(H2,20,21,22);1H. The fourth-order valence-electron chi connectivity index (χ4n) is 2.91. The summed E-state index contributed by atoms with van der Waals surface area (Å²) in [5, 5.41) is 16.6. The van der Waals surface area contributed by atoms with Gasteiger partial charge in [0.1, 0.15) is 5.75 Å². The van der Waals surface area contributed by atoms with Crippen molar-refractivity contribution in [2.45, 2.75) is 39.4 Å². The Morgan fingerprint density at radius 2 is 1.97 bits per heavy atom. The molecule has 1 aliphatic heterocycles. The molecule has 1 atom stereocenters. The highest BCUT2D eigenvalue weighted by Gasteiger charge is 2.27. The summed E-state index contributed by atoms with van der Waals surface area (Å²) >= 11 is 0. The Bertz CT molecular complexity index is 741. The highest BCUT2D eigenvalue weighted by Crippen LogP contribution is 2.19. The van der Waals surface area contributed by atoms with E-state index in [0.717, 1.165) is 11.3 Å². The van der Waals surface area contributed by atoms with Gasteiger partial charge in [0.2, 0.25) is 10.0 Å². The molecule has 0 radical (unpaired) electrons. The molecule has 1 unspecified atom stereocenters. The molecule has 1 heterocycles. The Balaban J connectivity index is 0.00000420. The van der Waals surface area contributed by atoms with Crippen LogP contribution in [0, 0.1) is 0 Å². The number of guanidine groups is 1. The summed E-state index contributed by atoms with van der Waals surface area (Å²) in [4.78, 5) is 4.41. The molecule has 0 spiro atoms. The molecule has 0 amide bonds. The zero-order valence-electron chi connectivity index (χ0n) is 17.3. The number of aliphatic hydroxyl groups is 1. The van der Waals surface area contributed by atoms with Crippen molar-refractivity contribution in [2.75, 3.05) is 38.5 Å². The second-order valence-corrected chi connectivity index (χ2v) is 9.05. The van der Waals surface area contributed by atoms with Gasteiger partial charge in [-0.1, -0.05) is 12.1 Å². The molecule has 10 heteroatoms. The summed E-state index contributed by atoms with van der Waals surface area (Å²) < 4.78 is 30.8. The molecule has 0 aliphatic carbocycles. The molecule has 1 saturated heterocycles. The summed E-state index contributed by atoms with van der Waals surface area (Å²) in [6.45, 7) is 8.19. The fourth-order valence-corrected chi connectivity index (χ4v) is 4.44. The molecule has 166 valence electrons. The maximum atomic E-state index is 11.8. The second kappa shape index (κ2) is 12.6. The number of nitrogens with one attached hydrogen (secondary N) is 2. The Labute approximate surface area is 191 Å². The maximum Gasteiger partial charge on any atom is 0.214 e. The van der Waals surface area contributed by atoms with Gasteiger partial charge in [0.05, 0.1) is 24.5 Å². The van der Waals surface area contributed by atoms with Crippen LogP contribution in [-0.2, 0) is 10.0 Å². The van der Waals surface area contributed by atoms with Crippen LogP contribution in [0.25, 0.3) is 0 Å². The van der Waals surface area contributed by atoms with E-state index < -0.39 is 16.1 Å². The largest absolute Gasteiger partial charge is 0.491 e. The summed E-state index contributed by atoms with van der Waals surface area (Å²) in [5.41, 5.74) is 0.763. The van der Waals surface area contributed by atoms with E-state index in [1.54, 1.807) is 0 Å². The van der Waals surface area contributed by atoms with Crippen LogP contribution in [0.1, 0.15) is 38.9 Å². The van der Waals surface area contributed by atoms with Crippen molar-refractivity contribution < 1.29 is 18.3 Å². The average molecular weight is 540 g/mol. The van der Waals surface area contributed by atoms with E-state index in [-0.39, 0.29) is 42.4 Å². The van der Waals surface area contributed by atoms with Gasteiger partial charge in [-0.3, -0.25) is 4.99 Å². The molecule has 1 aromatic carbocycles. The van der Waals surface area contributed by atoms with E-state index in [9.17, 15) is 13.5 Å². The topological polar surface area (TPSA) is 103 Å². The van der Waals surface area contributed by atoms with Crippen LogP contribution in [0.2, 0.25) is 0 Å². The number of halogens is 1. The smallest absolute Gasteiger partial charge is 0.214 e.